The molecule has 0 spiro atoms. The van der Waals surface area contributed by atoms with Gasteiger partial charge in [-0.05, 0) is 89.9 Å². The number of hydrogen-bond donors (Lipinski definition) is 2. The SMILES string of the molecule is CCCCC/C=C/C/C=C/C/C=C/C/C=C/C/C=C/CCC(=O)OC[C@H](COP(=O)(O)O)OC(=O)CCCCCC/C=C/C/C=C/C/C=C/CCCCC. The Kier molecular flexibility index (Phi) is 37.4. The summed E-state index contributed by atoms with van der Waals surface area (Å²) < 4.78 is 26.3. The van der Waals surface area contributed by atoms with E-state index in [4.69, 9.17) is 19.3 Å². The Labute approximate surface area is 328 Å². The Balaban J connectivity index is 4.13. The zero-order valence-electron chi connectivity index (χ0n) is 33.6. The molecule has 9 heteroatoms. The van der Waals surface area contributed by atoms with Crippen LogP contribution in [0.2, 0.25) is 0 Å². The number of carbonyl (C=O) groups is 2. The highest BCUT2D eigenvalue weighted by Crippen LogP contribution is 2.36. The highest BCUT2D eigenvalue weighted by molar-refractivity contribution is 7.46. The summed E-state index contributed by atoms with van der Waals surface area (Å²) in [5.41, 5.74) is 0. The van der Waals surface area contributed by atoms with Gasteiger partial charge < -0.3 is 19.3 Å². The molecular formula is C45H73O8P. The van der Waals surface area contributed by atoms with E-state index in [0.717, 1.165) is 64.2 Å². The average Bonchev–Trinajstić information content (AvgIpc) is 3.14. The van der Waals surface area contributed by atoms with Crippen LogP contribution in [0.1, 0.15) is 155 Å². The van der Waals surface area contributed by atoms with Crippen molar-refractivity contribution in [3.63, 3.8) is 0 Å². The third-order valence-corrected chi connectivity index (χ3v) is 8.57. The van der Waals surface area contributed by atoms with Crippen molar-refractivity contribution in [2.45, 2.75) is 161 Å². The Morgan fingerprint density at radius 1 is 0.481 bits per heavy atom. The summed E-state index contributed by atoms with van der Waals surface area (Å²) in [4.78, 5) is 42.8. The molecule has 0 fully saturated rings. The van der Waals surface area contributed by atoms with E-state index in [1.807, 2.05) is 12.2 Å². The van der Waals surface area contributed by atoms with Gasteiger partial charge in [0.15, 0.2) is 6.10 Å². The van der Waals surface area contributed by atoms with Crippen molar-refractivity contribution >= 4 is 19.8 Å². The fraction of sp³-hybridized carbons (Fsp3) is 0.600. The van der Waals surface area contributed by atoms with E-state index in [-0.39, 0.29) is 19.4 Å². The van der Waals surface area contributed by atoms with Crippen molar-refractivity contribution in [1.82, 2.24) is 0 Å². The lowest BCUT2D eigenvalue weighted by atomic mass is 10.1. The molecule has 0 unspecified atom stereocenters. The first-order chi connectivity index (χ1) is 26.3. The molecule has 0 bridgehead atoms. The van der Waals surface area contributed by atoms with E-state index in [2.05, 4.69) is 103 Å². The molecule has 8 nitrogen and oxygen atoms in total. The number of hydrogen-bond acceptors (Lipinski definition) is 6. The topological polar surface area (TPSA) is 119 Å². The second kappa shape index (κ2) is 39.7. The molecule has 1 atom stereocenters. The maximum atomic E-state index is 12.4. The van der Waals surface area contributed by atoms with E-state index in [9.17, 15) is 14.2 Å². The molecule has 0 rings (SSSR count). The lowest BCUT2D eigenvalue weighted by molar-refractivity contribution is -0.161. The summed E-state index contributed by atoms with van der Waals surface area (Å²) in [6, 6.07) is 0. The first kappa shape index (κ1) is 51.0. The van der Waals surface area contributed by atoms with Gasteiger partial charge in [0, 0.05) is 12.8 Å². The molecule has 54 heavy (non-hydrogen) atoms. The Morgan fingerprint density at radius 3 is 1.30 bits per heavy atom. The normalized spacial score (nSPS) is 13.5. The number of rotatable bonds is 36. The van der Waals surface area contributed by atoms with Crippen molar-refractivity contribution in [2.75, 3.05) is 13.2 Å². The van der Waals surface area contributed by atoms with Crippen molar-refractivity contribution in [1.29, 1.82) is 0 Å². The molecule has 0 aliphatic heterocycles. The lowest BCUT2D eigenvalue weighted by Crippen LogP contribution is -2.29. The summed E-state index contributed by atoms with van der Waals surface area (Å²) in [5.74, 6) is -1.02. The summed E-state index contributed by atoms with van der Waals surface area (Å²) in [5, 5.41) is 0. The second-order valence-electron chi connectivity index (χ2n) is 13.2. The third-order valence-electron chi connectivity index (χ3n) is 8.09. The Hall–Kier alpha value is -3.03. The molecule has 0 radical (unpaired) electrons. The molecule has 0 saturated carbocycles. The summed E-state index contributed by atoms with van der Waals surface area (Å²) in [6.45, 7) is 3.53. The highest BCUT2D eigenvalue weighted by atomic mass is 31.2. The van der Waals surface area contributed by atoms with Gasteiger partial charge in [0.05, 0.1) is 6.61 Å². The van der Waals surface area contributed by atoms with E-state index in [1.54, 1.807) is 0 Å². The van der Waals surface area contributed by atoms with Gasteiger partial charge in [0.2, 0.25) is 0 Å². The first-order valence-corrected chi connectivity index (χ1v) is 22.1. The fourth-order valence-electron chi connectivity index (χ4n) is 5.01. The molecule has 0 aliphatic carbocycles. The summed E-state index contributed by atoms with van der Waals surface area (Å²) in [7, 11) is -4.78. The molecule has 0 aromatic carbocycles. The largest absolute Gasteiger partial charge is 0.469 e. The number of unbranched alkanes of at least 4 members (excludes halogenated alkanes) is 10. The third kappa shape index (κ3) is 41.7. The number of phosphoric ester groups is 1. The number of carbonyl (C=O) groups excluding carboxylic acids is 2. The van der Waals surface area contributed by atoms with Gasteiger partial charge in [-0.25, -0.2) is 4.57 Å². The number of ether oxygens (including phenoxy) is 2. The van der Waals surface area contributed by atoms with E-state index < -0.39 is 32.5 Å². The minimum Gasteiger partial charge on any atom is -0.462 e. The van der Waals surface area contributed by atoms with Crippen LogP contribution in [0.15, 0.2) is 97.2 Å². The number of phosphoric acid groups is 1. The van der Waals surface area contributed by atoms with Gasteiger partial charge in [-0.1, -0.05) is 150 Å². The van der Waals surface area contributed by atoms with Gasteiger partial charge in [0.25, 0.3) is 0 Å². The molecule has 0 aromatic heterocycles. The van der Waals surface area contributed by atoms with Crippen molar-refractivity contribution in [3.05, 3.63) is 97.2 Å². The van der Waals surface area contributed by atoms with Crippen LogP contribution in [0.4, 0.5) is 0 Å². The maximum Gasteiger partial charge on any atom is 0.469 e. The quantitative estimate of drug-likeness (QED) is 0.0280. The van der Waals surface area contributed by atoms with Crippen LogP contribution in [-0.2, 0) is 28.2 Å². The molecule has 0 aliphatic rings. The predicted molar refractivity (Wildman–Crippen MR) is 225 cm³/mol. The van der Waals surface area contributed by atoms with Crippen molar-refractivity contribution in [3.8, 4) is 0 Å². The zero-order valence-corrected chi connectivity index (χ0v) is 34.5. The molecular weight excluding hydrogens is 699 g/mol. The monoisotopic (exact) mass is 773 g/mol. The highest BCUT2D eigenvalue weighted by Gasteiger charge is 2.22. The van der Waals surface area contributed by atoms with Gasteiger partial charge in [-0.15, -0.1) is 0 Å². The van der Waals surface area contributed by atoms with Crippen LogP contribution in [0.3, 0.4) is 0 Å². The van der Waals surface area contributed by atoms with Crippen LogP contribution in [0.5, 0.6) is 0 Å². The van der Waals surface area contributed by atoms with Gasteiger partial charge in [0.1, 0.15) is 6.61 Å². The molecule has 0 amide bonds. The van der Waals surface area contributed by atoms with Gasteiger partial charge >= 0.3 is 19.8 Å². The van der Waals surface area contributed by atoms with Crippen LogP contribution < -0.4 is 0 Å². The Bertz CT molecular complexity index is 1190. The van der Waals surface area contributed by atoms with Gasteiger partial charge in [-0.3, -0.25) is 14.1 Å². The Morgan fingerprint density at radius 2 is 0.870 bits per heavy atom. The molecule has 2 N–H and O–H groups in total. The standard InChI is InChI=1S/C45H73O8P/c1-3-5-7-9-11-13-15-17-19-21-22-24-25-27-29-31-33-35-37-39-44(46)51-41-43(42-52-54(48,49)50)53-45(47)40-38-36-34-32-30-28-26-23-20-18-16-14-12-10-8-6-4-2/h11-14,17-20,22,24,26-29,33,35,43H,3-10,15-16,21,23,25,30-32,34,36-42H2,1-2H3,(H2,48,49,50)/b13-11+,14-12+,19-17+,20-18+,24-22+,28-26+,29-27+,35-33+/t43-/m1/s1. The average molecular weight is 773 g/mol. The number of allylic oxidation sites excluding steroid dienone is 16. The first-order valence-electron chi connectivity index (χ1n) is 20.5. The van der Waals surface area contributed by atoms with Crippen molar-refractivity contribution < 1.29 is 37.9 Å². The van der Waals surface area contributed by atoms with E-state index in [1.165, 1.54) is 51.4 Å². The van der Waals surface area contributed by atoms with Crippen LogP contribution in [-0.4, -0.2) is 41.0 Å². The maximum absolute atomic E-state index is 12.4. The summed E-state index contributed by atoms with van der Waals surface area (Å²) in [6.07, 6.45) is 54.2. The minimum atomic E-state index is -4.78. The fourth-order valence-corrected chi connectivity index (χ4v) is 5.37. The molecule has 0 saturated heterocycles. The van der Waals surface area contributed by atoms with Gasteiger partial charge in [-0.2, -0.15) is 0 Å². The van der Waals surface area contributed by atoms with E-state index in [0.29, 0.717) is 12.8 Å². The minimum absolute atomic E-state index is 0.133. The summed E-state index contributed by atoms with van der Waals surface area (Å²) >= 11 is 0. The van der Waals surface area contributed by atoms with Crippen LogP contribution >= 0.6 is 7.82 Å². The lowest BCUT2D eigenvalue weighted by Gasteiger charge is -2.18. The molecule has 306 valence electrons. The second-order valence-corrected chi connectivity index (χ2v) is 14.5. The smallest absolute Gasteiger partial charge is 0.462 e. The van der Waals surface area contributed by atoms with Crippen LogP contribution in [0.25, 0.3) is 0 Å². The number of esters is 2. The predicted octanol–water partition coefficient (Wildman–Crippen LogP) is 12.6. The molecule has 0 heterocycles. The zero-order chi connectivity index (χ0) is 39.6. The van der Waals surface area contributed by atoms with Crippen molar-refractivity contribution in [2.24, 2.45) is 0 Å². The van der Waals surface area contributed by atoms with Crippen LogP contribution in [0, 0.1) is 0 Å². The molecule has 0 aromatic rings. The van der Waals surface area contributed by atoms with E-state index >= 15 is 0 Å².